The van der Waals surface area contributed by atoms with Gasteiger partial charge in [0.2, 0.25) is 0 Å². The van der Waals surface area contributed by atoms with Gasteiger partial charge >= 0.3 is 6.09 Å². The average Bonchev–Trinajstić information content (AvgIpc) is 2.74. The van der Waals surface area contributed by atoms with E-state index in [-0.39, 0.29) is 10.5 Å². The summed E-state index contributed by atoms with van der Waals surface area (Å²) in [5, 5.41) is 13.9. The maximum Gasteiger partial charge on any atom is 0.405 e. The van der Waals surface area contributed by atoms with Gasteiger partial charge in [-0.05, 0) is 65.0 Å². The second kappa shape index (κ2) is 10.5. The van der Waals surface area contributed by atoms with Gasteiger partial charge in [-0.2, -0.15) is 0 Å². The highest BCUT2D eigenvalue weighted by Gasteiger charge is 2.37. The highest BCUT2D eigenvalue weighted by Crippen LogP contribution is 2.38. The van der Waals surface area contributed by atoms with Crippen LogP contribution < -0.4 is 5.32 Å². The molecular weight excluding hydrogens is 490 g/mol. The molecule has 0 bridgehead atoms. The van der Waals surface area contributed by atoms with E-state index < -0.39 is 20.5 Å². The number of benzene rings is 1. The summed E-state index contributed by atoms with van der Waals surface area (Å²) in [5.41, 5.74) is 4.13. The molecule has 194 valence electrons. The normalized spacial score (nSPS) is 13.6. The standard InChI is InChI=1S/C28H38ClN3O3Si/c1-27(2,3)25(32-26(33)34)24-14-19(17-35-36(7,8)28(4,5)6)13-22(31-24)12-18-9-10-23-20(11-18)15-21(29)16-30-23/h9-11,13-16,25,32H,12,17H2,1-8H3,(H,33,34). The summed E-state index contributed by atoms with van der Waals surface area (Å²) in [6.07, 6.45) is 1.17. The molecule has 2 heterocycles. The van der Waals surface area contributed by atoms with E-state index in [1.807, 2.05) is 45.0 Å². The van der Waals surface area contributed by atoms with Gasteiger partial charge in [0, 0.05) is 23.7 Å². The van der Waals surface area contributed by atoms with Crippen LogP contribution in [0.5, 0.6) is 0 Å². The van der Waals surface area contributed by atoms with Gasteiger partial charge in [0.25, 0.3) is 0 Å². The Bertz CT molecular complexity index is 1250. The Hall–Kier alpha value is -2.48. The molecule has 0 aliphatic carbocycles. The SMILES string of the molecule is CC(C)(C)C(NC(=O)O)c1cc(CO[Si](C)(C)C(C)(C)C)cc(Cc2ccc3ncc(Cl)cc3c2)n1. The third-order valence-electron chi connectivity index (χ3n) is 6.89. The van der Waals surface area contributed by atoms with Crippen molar-refractivity contribution >= 4 is 36.9 Å². The Morgan fingerprint density at radius 2 is 1.78 bits per heavy atom. The van der Waals surface area contributed by atoms with Gasteiger partial charge in [-0.25, -0.2) is 4.79 Å². The van der Waals surface area contributed by atoms with Gasteiger partial charge < -0.3 is 14.8 Å². The highest BCUT2D eigenvalue weighted by atomic mass is 35.5. The molecule has 1 unspecified atom stereocenters. The van der Waals surface area contributed by atoms with Crippen molar-refractivity contribution in [3.05, 3.63) is 70.1 Å². The number of halogens is 1. The number of fused-ring (bicyclic) bond motifs is 1. The minimum Gasteiger partial charge on any atom is -0.465 e. The molecule has 6 nitrogen and oxygen atoms in total. The number of carbonyl (C=O) groups is 1. The predicted octanol–water partition coefficient (Wildman–Crippen LogP) is 7.75. The second-order valence-corrected chi connectivity index (χ2v) is 17.3. The Morgan fingerprint density at radius 1 is 1.08 bits per heavy atom. The molecule has 1 aromatic carbocycles. The second-order valence-electron chi connectivity index (χ2n) is 12.0. The molecule has 2 aromatic heterocycles. The maximum absolute atomic E-state index is 11.6. The lowest BCUT2D eigenvalue weighted by molar-refractivity contribution is 0.174. The van der Waals surface area contributed by atoms with Crippen LogP contribution in [0.4, 0.5) is 4.79 Å². The van der Waals surface area contributed by atoms with E-state index in [9.17, 15) is 9.90 Å². The van der Waals surface area contributed by atoms with Crippen LogP contribution in [0.1, 0.15) is 70.1 Å². The summed E-state index contributed by atoms with van der Waals surface area (Å²) in [7, 11) is -1.97. The molecule has 0 saturated carbocycles. The summed E-state index contributed by atoms with van der Waals surface area (Å²) in [6, 6.07) is 11.6. The number of amides is 1. The monoisotopic (exact) mass is 527 g/mol. The first-order valence-electron chi connectivity index (χ1n) is 12.2. The van der Waals surface area contributed by atoms with Gasteiger partial charge in [0.15, 0.2) is 8.32 Å². The Morgan fingerprint density at radius 3 is 2.39 bits per heavy atom. The van der Waals surface area contributed by atoms with Crippen LogP contribution in [0.3, 0.4) is 0 Å². The van der Waals surface area contributed by atoms with Crippen LogP contribution >= 0.6 is 11.6 Å². The molecule has 2 N–H and O–H groups in total. The molecule has 1 atom stereocenters. The first-order valence-corrected chi connectivity index (χ1v) is 15.5. The van der Waals surface area contributed by atoms with Crippen molar-refractivity contribution in [3.8, 4) is 0 Å². The van der Waals surface area contributed by atoms with E-state index in [1.165, 1.54) is 0 Å². The highest BCUT2D eigenvalue weighted by molar-refractivity contribution is 6.74. The number of rotatable bonds is 7. The predicted molar refractivity (Wildman–Crippen MR) is 149 cm³/mol. The third kappa shape index (κ3) is 7.05. The van der Waals surface area contributed by atoms with Gasteiger partial charge in [-0.15, -0.1) is 0 Å². The van der Waals surface area contributed by atoms with Crippen molar-refractivity contribution in [1.82, 2.24) is 15.3 Å². The summed E-state index contributed by atoms with van der Waals surface area (Å²) >= 11 is 6.15. The van der Waals surface area contributed by atoms with Crippen LogP contribution in [0.2, 0.25) is 23.2 Å². The molecule has 8 heteroatoms. The maximum atomic E-state index is 11.6. The van der Waals surface area contributed by atoms with E-state index >= 15 is 0 Å². The molecular formula is C28H38ClN3O3Si. The lowest BCUT2D eigenvalue weighted by Crippen LogP contribution is -2.40. The largest absolute Gasteiger partial charge is 0.465 e. The average molecular weight is 528 g/mol. The van der Waals surface area contributed by atoms with E-state index in [1.54, 1.807) is 6.20 Å². The van der Waals surface area contributed by atoms with Gasteiger partial charge in [-0.1, -0.05) is 59.2 Å². The zero-order valence-corrected chi connectivity index (χ0v) is 24.3. The van der Waals surface area contributed by atoms with Gasteiger partial charge in [0.05, 0.1) is 28.9 Å². The molecule has 0 spiro atoms. The van der Waals surface area contributed by atoms with Crippen LogP contribution in [-0.2, 0) is 17.5 Å². The van der Waals surface area contributed by atoms with E-state index in [2.05, 4.69) is 56.3 Å². The smallest absolute Gasteiger partial charge is 0.405 e. The van der Waals surface area contributed by atoms with E-state index in [0.717, 1.165) is 27.7 Å². The van der Waals surface area contributed by atoms with E-state index in [0.29, 0.717) is 23.7 Å². The van der Waals surface area contributed by atoms with Crippen molar-refractivity contribution < 1.29 is 14.3 Å². The Labute approximate surface area is 220 Å². The lowest BCUT2D eigenvalue weighted by atomic mass is 9.84. The lowest BCUT2D eigenvalue weighted by Gasteiger charge is -2.36. The molecule has 36 heavy (non-hydrogen) atoms. The Balaban J connectivity index is 2.02. The van der Waals surface area contributed by atoms with Crippen molar-refractivity contribution in [2.75, 3.05) is 0 Å². The minimum atomic E-state index is -1.97. The third-order valence-corrected chi connectivity index (χ3v) is 11.6. The molecule has 0 radical (unpaired) electrons. The van der Waals surface area contributed by atoms with Crippen LogP contribution in [-0.4, -0.2) is 29.5 Å². The molecule has 0 aliphatic heterocycles. The summed E-state index contributed by atoms with van der Waals surface area (Å²) < 4.78 is 6.51. The summed E-state index contributed by atoms with van der Waals surface area (Å²) in [5.74, 6) is 0. The number of hydrogen-bond donors (Lipinski definition) is 2. The number of nitrogens with zero attached hydrogens (tertiary/aromatic N) is 2. The van der Waals surface area contributed by atoms with E-state index in [4.69, 9.17) is 21.0 Å². The fraction of sp³-hybridized carbons (Fsp3) is 0.464. The topological polar surface area (TPSA) is 84.3 Å². The van der Waals surface area contributed by atoms with Crippen molar-refractivity contribution in [2.24, 2.45) is 5.41 Å². The molecule has 0 fully saturated rings. The quantitative estimate of drug-likeness (QED) is 0.307. The molecule has 0 aliphatic rings. The van der Waals surface area contributed by atoms with Crippen molar-refractivity contribution in [2.45, 2.75) is 78.7 Å². The van der Waals surface area contributed by atoms with Gasteiger partial charge in [0.1, 0.15) is 0 Å². The zero-order chi connectivity index (χ0) is 26.9. The van der Waals surface area contributed by atoms with Crippen molar-refractivity contribution in [3.63, 3.8) is 0 Å². The van der Waals surface area contributed by atoms with Crippen LogP contribution in [0.25, 0.3) is 10.9 Å². The Kier molecular flexibility index (Phi) is 8.18. The zero-order valence-electron chi connectivity index (χ0n) is 22.6. The fourth-order valence-electron chi connectivity index (χ4n) is 3.81. The molecule has 3 aromatic rings. The summed E-state index contributed by atoms with van der Waals surface area (Å²) in [4.78, 5) is 20.9. The number of hydrogen-bond acceptors (Lipinski definition) is 4. The first kappa shape index (κ1) is 28.1. The van der Waals surface area contributed by atoms with Crippen LogP contribution in [0, 0.1) is 5.41 Å². The number of aromatic nitrogens is 2. The number of carboxylic acid groups (broad SMARTS) is 1. The van der Waals surface area contributed by atoms with Crippen molar-refractivity contribution in [1.29, 1.82) is 0 Å². The number of nitrogens with one attached hydrogen (secondary N) is 1. The molecule has 3 rings (SSSR count). The fourth-order valence-corrected chi connectivity index (χ4v) is 4.94. The number of pyridine rings is 2. The minimum absolute atomic E-state index is 0.0882. The summed E-state index contributed by atoms with van der Waals surface area (Å²) in [6.45, 7) is 17.6. The molecule has 0 saturated heterocycles. The van der Waals surface area contributed by atoms with Gasteiger partial charge in [-0.3, -0.25) is 9.97 Å². The molecule has 1 amide bonds. The van der Waals surface area contributed by atoms with Crippen LogP contribution in [0.15, 0.2) is 42.6 Å². The first-order chi connectivity index (χ1) is 16.5.